The van der Waals surface area contributed by atoms with Crippen molar-refractivity contribution in [1.82, 2.24) is 20.0 Å². The lowest BCUT2D eigenvalue weighted by atomic mass is 9.74. The molecule has 2 amide bonds. The lowest BCUT2D eigenvalue weighted by Crippen LogP contribution is -2.52. The van der Waals surface area contributed by atoms with Crippen LogP contribution in [0.3, 0.4) is 0 Å². The highest BCUT2D eigenvalue weighted by Crippen LogP contribution is 2.35. The van der Waals surface area contributed by atoms with Gasteiger partial charge in [0.05, 0.1) is 5.41 Å². The highest BCUT2D eigenvalue weighted by Gasteiger charge is 2.38. The van der Waals surface area contributed by atoms with E-state index in [-0.39, 0.29) is 36.2 Å². The molecule has 0 unspecified atom stereocenters. The quantitative estimate of drug-likeness (QED) is 0.499. The molecule has 8 nitrogen and oxygen atoms in total. The van der Waals surface area contributed by atoms with Gasteiger partial charge >= 0.3 is 5.97 Å². The topological polar surface area (TPSA) is 93.2 Å². The van der Waals surface area contributed by atoms with Crippen LogP contribution in [0.1, 0.15) is 63.5 Å². The predicted octanol–water partition coefficient (Wildman–Crippen LogP) is 2.93. The Bertz CT molecular complexity index is 928. The molecule has 3 rings (SSSR count). The molecule has 2 aliphatic rings. The van der Waals surface area contributed by atoms with Crippen LogP contribution in [-0.2, 0) is 20.8 Å². The summed E-state index contributed by atoms with van der Waals surface area (Å²) in [4.78, 5) is 42.9. The average molecular weight is 515 g/mol. The number of nitrogens with one attached hydrogen (secondary N) is 1. The molecule has 8 heteroatoms. The fourth-order valence-electron chi connectivity index (χ4n) is 5.63. The standard InChI is InChI=1S/C29H46N4O4/c1-22-6-8-23(9-7-22)20-29(31(4)5)14-12-24(13-15-29)30-25(34)10-11-26(35)33-18-16-32(17-19-33)21-28(2,3)27(36)37/h6-9,24H,10-21H2,1-5H3,(H,30,34)(H,36,37). The fraction of sp³-hybridized carbons (Fsp3) is 0.690. The molecule has 1 saturated carbocycles. The minimum Gasteiger partial charge on any atom is -0.481 e. The number of carbonyl (C=O) groups excluding carboxylic acids is 2. The number of benzene rings is 1. The summed E-state index contributed by atoms with van der Waals surface area (Å²) >= 11 is 0. The van der Waals surface area contributed by atoms with Crippen molar-refractivity contribution in [2.45, 2.75) is 77.3 Å². The second-order valence-corrected chi connectivity index (χ2v) is 12.0. The van der Waals surface area contributed by atoms with Crippen molar-refractivity contribution in [3.63, 3.8) is 0 Å². The monoisotopic (exact) mass is 514 g/mol. The Hall–Kier alpha value is -2.45. The summed E-state index contributed by atoms with van der Waals surface area (Å²) in [6.07, 6.45) is 5.38. The van der Waals surface area contributed by atoms with E-state index in [0.29, 0.717) is 32.7 Å². The molecular weight excluding hydrogens is 468 g/mol. The molecule has 37 heavy (non-hydrogen) atoms. The molecule has 0 radical (unpaired) electrons. The van der Waals surface area contributed by atoms with Gasteiger partial charge in [0.25, 0.3) is 0 Å². The maximum atomic E-state index is 12.7. The third kappa shape index (κ3) is 8.01. The normalized spacial score (nSPS) is 23.2. The first-order valence-electron chi connectivity index (χ1n) is 13.7. The van der Waals surface area contributed by atoms with Gasteiger partial charge in [0.2, 0.25) is 11.8 Å². The third-order valence-corrected chi connectivity index (χ3v) is 8.37. The minimum absolute atomic E-state index is 0.000613. The van der Waals surface area contributed by atoms with Gasteiger partial charge in [0.1, 0.15) is 0 Å². The van der Waals surface area contributed by atoms with Crippen LogP contribution in [0.4, 0.5) is 0 Å². The molecule has 1 aromatic rings. The average Bonchev–Trinajstić information content (AvgIpc) is 2.85. The van der Waals surface area contributed by atoms with Crippen molar-refractivity contribution in [3.05, 3.63) is 35.4 Å². The first kappa shape index (κ1) is 29.1. The van der Waals surface area contributed by atoms with E-state index in [1.807, 2.05) is 0 Å². The maximum absolute atomic E-state index is 12.7. The Kier molecular flexibility index (Phi) is 9.75. The molecule has 1 saturated heterocycles. The van der Waals surface area contributed by atoms with Crippen LogP contribution in [0.5, 0.6) is 0 Å². The highest BCUT2D eigenvalue weighted by molar-refractivity contribution is 5.84. The summed E-state index contributed by atoms with van der Waals surface area (Å²) in [6, 6.07) is 8.96. The molecule has 2 N–H and O–H groups in total. The van der Waals surface area contributed by atoms with Crippen LogP contribution >= 0.6 is 0 Å². The number of hydrogen-bond acceptors (Lipinski definition) is 5. The summed E-state index contributed by atoms with van der Waals surface area (Å²) in [5, 5.41) is 12.5. The van der Waals surface area contributed by atoms with Crippen molar-refractivity contribution in [2.24, 2.45) is 5.41 Å². The number of nitrogens with zero attached hydrogens (tertiary/aromatic N) is 3. The van der Waals surface area contributed by atoms with Gasteiger partial charge in [-0.05, 0) is 72.5 Å². The highest BCUT2D eigenvalue weighted by atomic mass is 16.4. The van der Waals surface area contributed by atoms with Gasteiger partial charge in [-0.2, -0.15) is 0 Å². The SMILES string of the molecule is Cc1ccc(CC2(N(C)C)CCC(NC(=O)CCC(=O)N3CCN(CC(C)(C)C(=O)O)CC3)CC2)cc1. The minimum atomic E-state index is -0.811. The molecule has 0 atom stereocenters. The molecule has 0 spiro atoms. The van der Waals surface area contributed by atoms with E-state index in [1.165, 1.54) is 11.1 Å². The second kappa shape index (κ2) is 12.4. The molecule has 1 heterocycles. The number of aliphatic carboxylic acids is 1. The lowest BCUT2D eigenvalue weighted by Gasteiger charge is -2.45. The lowest BCUT2D eigenvalue weighted by molar-refractivity contribution is -0.148. The number of likely N-dealkylation sites (N-methyl/N-ethyl adjacent to an activating group) is 1. The second-order valence-electron chi connectivity index (χ2n) is 12.0. The van der Waals surface area contributed by atoms with Crippen molar-refractivity contribution in [1.29, 1.82) is 0 Å². The number of rotatable bonds is 10. The van der Waals surface area contributed by atoms with Gasteiger partial charge in [-0.1, -0.05) is 29.8 Å². The maximum Gasteiger partial charge on any atom is 0.310 e. The Labute approximate surface area is 222 Å². The molecule has 1 aliphatic carbocycles. The van der Waals surface area contributed by atoms with E-state index in [9.17, 15) is 19.5 Å². The van der Waals surface area contributed by atoms with Gasteiger partial charge in [-0.3, -0.25) is 19.3 Å². The number of hydrogen-bond donors (Lipinski definition) is 2. The van der Waals surface area contributed by atoms with E-state index >= 15 is 0 Å². The van der Waals surface area contributed by atoms with E-state index in [1.54, 1.807) is 18.7 Å². The van der Waals surface area contributed by atoms with Crippen molar-refractivity contribution in [2.75, 3.05) is 46.8 Å². The van der Waals surface area contributed by atoms with Gasteiger partial charge in [-0.15, -0.1) is 0 Å². The number of piperazine rings is 1. The Balaban J connectivity index is 1.39. The first-order chi connectivity index (χ1) is 17.4. The summed E-state index contributed by atoms with van der Waals surface area (Å²) in [5.41, 5.74) is 1.92. The zero-order chi connectivity index (χ0) is 27.2. The van der Waals surface area contributed by atoms with Crippen molar-refractivity contribution >= 4 is 17.8 Å². The van der Waals surface area contributed by atoms with Crippen LogP contribution in [0, 0.1) is 12.3 Å². The summed E-state index contributed by atoms with van der Waals surface area (Å²) in [7, 11) is 4.32. The Morgan fingerprint density at radius 3 is 2.16 bits per heavy atom. The van der Waals surface area contributed by atoms with E-state index in [4.69, 9.17) is 0 Å². The number of aryl methyl sites for hydroxylation is 1. The largest absolute Gasteiger partial charge is 0.481 e. The van der Waals surface area contributed by atoms with Gasteiger partial charge in [0, 0.05) is 57.1 Å². The molecule has 206 valence electrons. The number of amides is 2. The van der Waals surface area contributed by atoms with Crippen LogP contribution in [-0.4, -0.2) is 96.0 Å². The van der Waals surface area contributed by atoms with Crippen LogP contribution < -0.4 is 5.32 Å². The van der Waals surface area contributed by atoms with E-state index < -0.39 is 11.4 Å². The van der Waals surface area contributed by atoms with Crippen molar-refractivity contribution in [3.8, 4) is 0 Å². The third-order valence-electron chi connectivity index (χ3n) is 8.37. The van der Waals surface area contributed by atoms with Gasteiger partial charge < -0.3 is 20.2 Å². The molecule has 1 aromatic carbocycles. The van der Waals surface area contributed by atoms with Crippen molar-refractivity contribution < 1.29 is 19.5 Å². The van der Waals surface area contributed by atoms with Gasteiger partial charge in [0.15, 0.2) is 0 Å². The fourth-order valence-corrected chi connectivity index (χ4v) is 5.63. The number of carboxylic acid groups (broad SMARTS) is 1. The van der Waals surface area contributed by atoms with E-state index in [2.05, 4.69) is 60.4 Å². The summed E-state index contributed by atoms with van der Waals surface area (Å²) < 4.78 is 0. The number of carbonyl (C=O) groups is 3. The van der Waals surface area contributed by atoms with Crippen LogP contribution in [0.15, 0.2) is 24.3 Å². The zero-order valence-electron chi connectivity index (χ0n) is 23.4. The predicted molar refractivity (Wildman–Crippen MR) is 145 cm³/mol. The van der Waals surface area contributed by atoms with Crippen LogP contribution in [0.25, 0.3) is 0 Å². The molecule has 1 aliphatic heterocycles. The van der Waals surface area contributed by atoms with Crippen LogP contribution in [0.2, 0.25) is 0 Å². The Morgan fingerprint density at radius 1 is 1.03 bits per heavy atom. The summed E-state index contributed by atoms with van der Waals surface area (Å²) in [6.45, 7) is 8.50. The summed E-state index contributed by atoms with van der Waals surface area (Å²) in [5.74, 6) is -0.856. The van der Waals surface area contributed by atoms with Gasteiger partial charge in [-0.25, -0.2) is 0 Å². The molecular formula is C29H46N4O4. The number of carboxylic acids is 1. The Morgan fingerprint density at radius 2 is 1.62 bits per heavy atom. The zero-order valence-corrected chi connectivity index (χ0v) is 23.4. The molecule has 0 bridgehead atoms. The molecule has 2 fully saturated rings. The van der Waals surface area contributed by atoms with E-state index in [0.717, 1.165) is 32.1 Å². The molecule has 0 aromatic heterocycles. The smallest absolute Gasteiger partial charge is 0.310 e. The first-order valence-corrected chi connectivity index (χ1v) is 13.7.